The van der Waals surface area contributed by atoms with Crippen molar-refractivity contribution in [2.45, 2.75) is 99.8 Å². The van der Waals surface area contributed by atoms with Crippen molar-refractivity contribution < 1.29 is 52.6 Å². The highest BCUT2D eigenvalue weighted by molar-refractivity contribution is 5.73. The third-order valence-electron chi connectivity index (χ3n) is 8.25. The number of aliphatic hydroxyl groups is 3. The second-order valence-electron chi connectivity index (χ2n) is 11.5. The average Bonchev–Trinajstić information content (AvgIpc) is 3.53. The van der Waals surface area contributed by atoms with Gasteiger partial charge in [0.15, 0.2) is 12.5 Å². The van der Waals surface area contributed by atoms with Crippen molar-refractivity contribution in [2.75, 3.05) is 18.4 Å². The molecular formula is C29H39F3N4O10. The van der Waals surface area contributed by atoms with Gasteiger partial charge >= 0.3 is 17.8 Å². The van der Waals surface area contributed by atoms with Gasteiger partial charge in [-0.15, -0.1) is 0 Å². The summed E-state index contributed by atoms with van der Waals surface area (Å²) in [5.74, 6) is -2.17. The number of carboxylic acids is 1. The summed E-state index contributed by atoms with van der Waals surface area (Å²) in [6.07, 6.45) is -5.47. The Bertz CT molecular complexity index is 1400. The van der Waals surface area contributed by atoms with E-state index in [9.17, 15) is 38.1 Å². The van der Waals surface area contributed by atoms with Gasteiger partial charge in [0.1, 0.15) is 30.5 Å². The van der Waals surface area contributed by atoms with E-state index in [1.54, 1.807) is 0 Å². The number of aromatic nitrogens is 2. The minimum absolute atomic E-state index is 0.00416. The van der Waals surface area contributed by atoms with Crippen molar-refractivity contribution in [3.05, 3.63) is 62.9 Å². The molecule has 1 aromatic carbocycles. The highest BCUT2D eigenvalue weighted by Gasteiger charge is 2.47. The van der Waals surface area contributed by atoms with E-state index in [0.29, 0.717) is 5.92 Å². The second kappa shape index (κ2) is 15.5. The fourth-order valence-corrected chi connectivity index (χ4v) is 5.79. The van der Waals surface area contributed by atoms with Crippen LogP contribution in [0, 0.1) is 0 Å². The van der Waals surface area contributed by atoms with Gasteiger partial charge in [-0.05, 0) is 36.5 Å². The molecule has 1 aromatic heterocycles. The van der Waals surface area contributed by atoms with Crippen LogP contribution in [0.4, 0.5) is 18.9 Å². The van der Waals surface area contributed by atoms with Crippen LogP contribution in [0.5, 0.6) is 0 Å². The summed E-state index contributed by atoms with van der Waals surface area (Å²) >= 11 is 0. The van der Waals surface area contributed by atoms with E-state index in [1.165, 1.54) is 49.9 Å². The van der Waals surface area contributed by atoms with Crippen molar-refractivity contribution in [3.8, 4) is 0 Å². The monoisotopic (exact) mass is 660 g/mol. The maximum absolute atomic E-state index is 12.3. The lowest BCUT2D eigenvalue weighted by Crippen LogP contribution is -2.42. The quantitative estimate of drug-likeness (QED) is 0.198. The summed E-state index contributed by atoms with van der Waals surface area (Å²) in [6.45, 7) is 0.230. The molecule has 14 nitrogen and oxygen atoms in total. The van der Waals surface area contributed by atoms with Crippen LogP contribution in [-0.4, -0.2) is 98.1 Å². The number of hydrogen-bond acceptors (Lipinski definition) is 11. The van der Waals surface area contributed by atoms with Crippen LogP contribution < -0.4 is 22.3 Å². The lowest BCUT2D eigenvalue weighted by molar-refractivity contribution is -0.211. The molecule has 2 saturated heterocycles. The lowest BCUT2D eigenvalue weighted by atomic mass is 9.84. The molecule has 8 N–H and O–H groups in total. The Balaban J connectivity index is 0.000000617. The molecule has 17 heteroatoms. The van der Waals surface area contributed by atoms with Crippen molar-refractivity contribution in [1.29, 1.82) is 0 Å². The molecular weight excluding hydrogens is 621 g/mol. The first-order valence-electron chi connectivity index (χ1n) is 14.9. The zero-order chi connectivity index (χ0) is 33.6. The minimum atomic E-state index is -5.08. The third kappa shape index (κ3) is 8.93. The average molecular weight is 661 g/mol. The predicted molar refractivity (Wildman–Crippen MR) is 155 cm³/mol. The van der Waals surface area contributed by atoms with E-state index >= 15 is 0 Å². The number of aliphatic hydroxyl groups excluding tert-OH is 3. The number of alkyl halides is 3. The van der Waals surface area contributed by atoms with Gasteiger partial charge in [0.05, 0.1) is 6.10 Å². The molecule has 0 unspecified atom stereocenters. The Morgan fingerprint density at radius 3 is 2.28 bits per heavy atom. The number of nitrogens with zero attached hydrogens (tertiary/aromatic N) is 1. The molecule has 3 heterocycles. The highest BCUT2D eigenvalue weighted by atomic mass is 19.4. The van der Waals surface area contributed by atoms with Crippen LogP contribution in [0.3, 0.4) is 0 Å². The van der Waals surface area contributed by atoms with Crippen LogP contribution >= 0.6 is 0 Å². The van der Waals surface area contributed by atoms with E-state index in [4.69, 9.17) is 29.8 Å². The number of aliphatic carboxylic acids is 1. The molecule has 1 aliphatic carbocycles. The Kier molecular flexibility index (Phi) is 12.0. The summed E-state index contributed by atoms with van der Waals surface area (Å²) in [6, 6.07) is 9.48. The number of nitrogens with one attached hydrogen (secondary N) is 2. The molecule has 46 heavy (non-hydrogen) atoms. The van der Waals surface area contributed by atoms with Gasteiger partial charge in [-0.25, -0.2) is 9.59 Å². The van der Waals surface area contributed by atoms with E-state index in [1.807, 2.05) is 12.1 Å². The minimum Gasteiger partial charge on any atom is -0.475 e. The number of rotatable bonds is 9. The summed E-state index contributed by atoms with van der Waals surface area (Å²) in [4.78, 5) is 34.8. The van der Waals surface area contributed by atoms with Crippen LogP contribution in [0.15, 0.2) is 46.1 Å². The van der Waals surface area contributed by atoms with Gasteiger partial charge in [0.25, 0.3) is 5.56 Å². The summed E-state index contributed by atoms with van der Waals surface area (Å²) < 4.78 is 50.7. The van der Waals surface area contributed by atoms with E-state index in [0.717, 1.165) is 10.3 Å². The normalized spacial score (nSPS) is 29.2. The molecule has 8 atom stereocenters. The maximum Gasteiger partial charge on any atom is 0.490 e. The second-order valence-corrected chi connectivity index (χ2v) is 11.5. The third-order valence-corrected chi connectivity index (χ3v) is 8.25. The lowest BCUT2D eigenvalue weighted by Gasteiger charge is -2.29. The first-order valence-corrected chi connectivity index (χ1v) is 14.9. The molecule has 0 amide bonds. The molecule has 5 rings (SSSR count). The van der Waals surface area contributed by atoms with Crippen molar-refractivity contribution in [2.24, 2.45) is 5.73 Å². The largest absolute Gasteiger partial charge is 0.490 e. The van der Waals surface area contributed by atoms with Gasteiger partial charge < -0.3 is 45.7 Å². The van der Waals surface area contributed by atoms with Gasteiger partial charge in [0, 0.05) is 37.5 Å². The molecule has 3 aliphatic rings. The molecule has 1 saturated carbocycles. The zero-order valence-corrected chi connectivity index (χ0v) is 24.7. The van der Waals surface area contributed by atoms with E-state index in [2.05, 4.69) is 22.4 Å². The molecule has 3 fully saturated rings. The first-order chi connectivity index (χ1) is 21.8. The van der Waals surface area contributed by atoms with Gasteiger partial charge in [-0.2, -0.15) is 13.2 Å². The standard InChI is InChI=1S/C27H38N4O8.C2HF3O2/c28-13-20-23(34)24(35)26(38-20)39-21(14-29-17-8-6-16(7-9-17)15-4-2-1-3-5-15)19-12-18(32)25(37-19)31-11-10-22(33)30-27(31)36;3-2(4,5)1(6)7/h6-11,15,18-21,23-26,29,32,34-35H,1-5,12-14,28H2,(H,30,33,36);(H,6,7)/t18-,19+,20-,21+,23-,24-,25-,26+;/m1./s1. The van der Waals surface area contributed by atoms with Crippen LogP contribution in [0.2, 0.25) is 0 Å². The Labute approximate surface area is 260 Å². The maximum atomic E-state index is 12.3. The predicted octanol–water partition coefficient (Wildman–Crippen LogP) is 0.769. The van der Waals surface area contributed by atoms with E-state index < -0.39 is 72.5 Å². The van der Waals surface area contributed by atoms with Crippen LogP contribution in [0.1, 0.15) is 56.2 Å². The number of carbonyl (C=O) groups is 1. The Morgan fingerprint density at radius 1 is 1.07 bits per heavy atom. The smallest absolute Gasteiger partial charge is 0.475 e. The molecule has 2 aromatic rings. The highest BCUT2D eigenvalue weighted by Crippen LogP contribution is 2.34. The number of hydrogen-bond donors (Lipinski definition) is 7. The molecule has 2 aliphatic heterocycles. The topological polar surface area (TPSA) is 219 Å². The number of aromatic amines is 1. The van der Waals surface area contributed by atoms with Crippen molar-refractivity contribution >= 4 is 11.7 Å². The number of nitrogens with two attached hydrogens (primary N) is 1. The SMILES string of the molecule is NC[C@H]1O[C@@H](O[C@@H](CNc2ccc(C3CCCCC3)cc2)[C@@H]2C[C@@H](O)[C@H](n3ccc(=O)[nH]c3=O)O2)[C@H](O)[C@@H]1O.O=C(O)C(F)(F)F. The number of benzene rings is 1. The van der Waals surface area contributed by atoms with Crippen LogP contribution in [-0.2, 0) is 19.0 Å². The molecule has 256 valence electrons. The fraction of sp³-hybridized carbons (Fsp3) is 0.621. The number of halogens is 3. The molecule has 0 bridgehead atoms. The summed E-state index contributed by atoms with van der Waals surface area (Å²) in [5, 5.41) is 41.9. The fourth-order valence-electron chi connectivity index (χ4n) is 5.79. The van der Waals surface area contributed by atoms with Gasteiger partial charge in [0.2, 0.25) is 0 Å². The zero-order valence-electron chi connectivity index (χ0n) is 24.7. The Morgan fingerprint density at radius 2 is 1.72 bits per heavy atom. The van der Waals surface area contributed by atoms with Crippen molar-refractivity contribution in [3.63, 3.8) is 0 Å². The number of H-pyrrole nitrogens is 1. The van der Waals surface area contributed by atoms with Gasteiger partial charge in [-0.1, -0.05) is 31.4 Å². The van der Waals surface area contributed by atoms with Crippen molar-refractivity contribution in [1.82, 2.24) is 9.55 Å². The Hall–Kier alpha value is -3.32. The first kappa shape index (κ1) is 35.5. The number of ether oxygens (including phenoxy) is 3. The molecule has 0 spiro atoms. The molecule has 0 radical (unpaired) electrons. The number of anilines is 1. The summed E-state index contributed by atoms with van der Waals surface area (Å²) in [7, 11) is 0. The number of carboxylic acid groups (broad SMARTS) is 1. The summed E-state index contributed by atoms with van der Waals surface area (Å²) in [5.41, 5.74) is 6.58. The van der Waals surface area contributed by atoms with Gasteiger partial charge in [-0.3, -0.25) is 14.3 Å². The van der Waals surface area contributed by atoms with Crippen LogP contribution in [0.25, 0.3) is 0 Å². The van der Waals surface area contributed by atoms with E-state index in [-0.39, 0.29) is 19.5 Å².